The highest BCUT2D eigenvalue weighted by atomic mass is 32.2. The number of ether oxygens (including phenoxy) is 1. The van der Waals surface area contributed by atoms with Gasteiger partial charge < -0.3 is 10.1 Å². The van der Waals surface area contributed by atoms with Crippen molar-refractivity contribution in [2.45, 2.75) is 24.3 Å². The highest BCUT2D eigenvalue weighted by molar-refractivity contribution is 8.00. The molecule has 0 saturated carbocycles. The Morgan fingerprint density at radius 1 is 1.37 bits per heavy atom. The summed E-state index contributed by atoms with van der Waals surface area (Å²) in [5.41, 5.74) is 3.57. The number of thioether (sulfide) groups is 1. The van der Waals surface area contributed by atoms with Gasteiger partial charge in [-0.05, 0) is 49.1 Å². The summed E-state index contributed by atoms with van der Waals surface area (Å²) in [6.45, 7) is 0. The summed E-state index contributed by atoms with van der Waals surface area (Å²) in [5, 5.41) is 13.4. The number of carbonyl (C=O) groups excluding carboxylic acids is 1. The molecule has 3 aromatic rings. The number of carbonyl (C=O) groups is 1. The van der Waals surface area contributed by atoms with Crippen LogP contribution in [0.25, 0.3) is 10.2 Å². The fourth-order valence-electron chi connectivity index (χ4n) is 3.02. The van der Waals surface area contributed by atoms with Crippen LogP contribution < -0.4 is 10.1 Å². The third-order valence-electron chi connectivity index (χ3n) is 4.32. The van der Waals surface area contributed by atoms with Crippen molar-refractivity contribution in [3.05, 3.63) is 41.1 Å². The molecule has 27 heavy (non-hydrogen) atoms. The number of hydrogen-bond acceptors (Lipinski definition) is 7. The van der Waals surface area contributed by atoms with Gasteiger partial charge in [0, 0.05) is 5.69 Å². The Morgan fingerprint density at radius 3 is 3.07 bits per heavy atom. The van der Waals surface area contributed by atoms with Crippen molar-refractivity contribution < 1.29 is 9.53 Å². The van der Waals surface area contributed by atoms with Crippen LogP contribution >= 0.6 is 23.1 Å². The molecule has 0 unspecified atom stereocenters. The molecule has 1 N–H and O–H groups in total. The number of methoxy groups -OCH3 is 1. The first kappa shape index (κ1) is 17.8. The minimum Gasteiger partial charge on any atom is -0.497 e. The van der Waals surface area contributed by atoms with Gasteiger partial charge in [-0.2, -0.15) is 5.26 Å². The molecular formula is C19H16N4O2S2. The van der Waals surface area contributed by atoms with Crippen LogP contribution in [0.1, 0.15) is 23.2 Å². The molecule has 1 aliphatic rings. The van der Waals surface area contributed by atoms with E-state index < -0.39 is 0 Å². The van der Waals surface area contributed by atoms with E-state index in [9.17, 15) is 10.1 Å². The van der Waals surface area contributed by atoms with Gasteiger partial charge in [0.15, 0.2) is 5.13 Å². The molecule has 0 radical (unpaired) electrons. The Balaban J connectivity index is 1.44. The fraction of sp³-hybridized carbons (Fsp3) is 0.263. The predicted molar refractivity (Wildman–Crippen MR) is 107 cm³/mol. The number of pyridine rings is 1. The van der Waals surface area contributed by atoms with Crippen molar-refractivity contribution >= 4 is 44.4 Å². The van der Waals surface area contributed by atoms with E-state index in [4.69, 9.17) is 4.74 Å². The Bertz CT molecular complexity index is 1070. The number of fused-ring (bicyclic) bond motifs is 2. The summed E-state index contributed by atoms with van der Waals surface area (Å²) in [4.78, 5) is 21.3. The standard InChI is InChI=1S/C19H16N4O2S2/c1-25-13-5-6-15-16(8-13)27-19(22-15)23-17(24)10-26-18-12(9-20)7-11-3-2-4-14(11)21-18/h5-8H,2-4,10H2,1H3,(H,22,23,24). The summed E-state index contributed by atoms with van der Waals surface area (Å²) in [6.07, 6.45) is 2.99. The van der Waals surface area contributed by atoms with E-state index >= 15 is 0 Å². The van der Waals surface area contributed by atoms with E-state index in [0.29, 0.717) is 15.7 Å². The monoisotopic (exact) mass is 396 g/mol. The molecule has 136 valence electrons. The average molecular weight is 396 g/mol. The molecule has 8 heteroatoms. The number of anilines is 1. The fourth-order valence-corrected chi connectivity index (χ4v) is 4.70. The Kier molecular flexibility index (Phi) is 4.97. The predicted octanol–water partition coefficient (Wildman–Crippen LogP) is 3.79. The van der Waals surface area contributed by atoms with E-state index in [2.05, 4.69) is 21.4 Å². The van der Waals surface area contributed by atoms with Crippen LogP contribution in [-0.4, -0.2) is 28.7 Å². The molecule has 1 aromatic carbocycles. The van der Waals surface area contributed by atoms with Gasteiger partial charge in [-0.25, -0.2) is 9.97 Å². The molecule has 4 rings (SSSR count). The van der Waals surface area contributed by atoms with Crippen LogP contribution in [0.3, 0.4) is 0 Å². The number of aromatic nitrogens is 2. The van der Waals surface area contributed by atoms with Crippen molar-refractivity contribution in [3.63, 3.8) is 0 Å². The molecule has 0 spiro atoms. The van der Waals surface area contributed by atoms with Crippen molar-refractivity contribution in [2.24, 2.45) is 0 Å². The van der Waals surface area contributed by atoms with Gasteiger partial charge in [-0.1, -0.05) is 23.1 Å². The second-order valence-corrected chi connectivity index (χ2v) is 8.10. The van der Waals surface area contributed by atoms with Crippen LogP contribution in [-0.2, 0) is 17.6 Å². The molecule has 2 aromatic heterocycles. The number of thiazole rings is 1. The lowest BCUT2D eigenvalue weighted by Crippen LogP contribution is -2.14. The van der Waals surface area contributed by atoms with Gasteiger partial charge in [-0.15, -0.1) is 0 Å². The lowest BCUT2D eigenvalue weighted by molar-refractivity contribution is -0.113. The van der Waals surface area contributed by atoms with E-state index in [1.165, 1.54) is 23.1 Å². The van der Waals surface area contributed by atoms with Gasteiger partial charge in [0.25, 0.3) is 0 Å². The third kappa shape index (κ3) is 3.75. The summed E-state index contributed by atoms with van der Waals surface area (Å²) >= 11 is 2.69. The number of nitriles is 1. The smallest absolute Gasteiger partial charge is 0.236 e. The molecule has 6 nitrogen and oxygen atoms in total. The molecule has 1 aliphatic carbocycles. The number of nitrogens with zero attached hydrogens (tertiary/aromatic N) is 3. The summed E-state index contributed by atoms with van der Waals surface area (Å²) in [7, 11) is 1.62. The first-order valence-electron chi connectivity index (χ1n) is 8.46. The van der Waals surface area contributed by atoms with Crippen LogP contribution in [0, 0.1) is 11.3 Å². The largest absolute Gasteiger partial charge is 0.497 e. The second-order valence-electron chi connectivity index (χ2n) is 6.10. The zero-order valence-corrected chi connectivity index (χ0v) is 16.2. The van der Waals surface area contributed by atoms with E-state index in [1.807, 2.05) is 24.3 Å². The first-order chi connectivity index (χ1) is 13.2. The normalized spacial score (nSPS) is 12.6. The van der Waals surface area contributed by atoms with Crippen molar-refractivity contribution in [1.82, 2.24) is 9.97 Å². The molecule has 0 aliphatic heterocycles. The summed E-state index contributed by atoms with van der Waals surface area (Å²) in [6, 6.07) is 9.70. The highest BCUT2D eigenvalue weighted by Crippen LogP contribution is 2.30. The average Bonchev–Trinajstić information content (AvgIpc) is 3.30. The maximum absolute atomic E-state index is 12.3. The van der Waals surface area contributed by atoms with E-state index in [1.54, 1.807) is 7.11 Å². The minimum atomic E-state index is -0.169. The van der Waals surface area contributed by atoms with E-state index in [-0.39, 0.29) is 11.7 Å². The number of rotatable bonds is 5. The molecule has 0 saturated heterocycles. The van der Waals surface area contributed by atoms with E-state index in [0.717, 1.165) is 46.5 Å². The zero-order valence-electron chi connectivity index (χ0n) is 14.6. The van der Waals surface area contributed by atoms with Crippen molar-refractivity contribution in [3.8, 4) is 11.8 Å². The number of benzene rings is 1. The zero-order chi connectivity index (χ0) is 18.8. The Labute approximate surface area is 164 Å². The van der Waals surface area contributed by atoms with Gasteiger partial charge in [0.2, 0.25) is 5.91 Å². The van der Waals surface area contributed by atoms with Crippen LogP contribution in [0.2, 0.25) is 0 Å². The Morgan fingerprint density at radius 2 is 2.26 bits per heavy atom. The maximum Gasteiger partial charge on any atom is 0.236 e. The summed E-state index contributed by atoms with van der Waals surface area (Å²) < 4.78 is 6.16. The van der Waals surface area contributed by atoms with Crippen LogP contribution in [0.15, 0.2) is 29.3 Å². The number of aryl methyl sites for hydroxylation is 2. The van der Waals surface area contributed by atoms with Crippen molar-refractivity contribution in [2.75, 3.05) is 18.2 Å². The van der Waals surface area contributed by atoms with Crippen LogP contribution in [0.5, 0.6) is 5.75 Å². The first-order valence-corrected chi connectivity index (χ1v) is 10.3. The molecule has 1 amide bonds. The summed E-state index contributed by atoms with van der Waals surface area (Å²) in [5.74, 6) is 0.767. The number of nitrogens with one attached hydrogen (secondary N) is 1. The minimum absolute atomic E-state index is 0.169. The van der Waals surface area contributed by atoms with Crippen molar-refractivity contribution in [1.29, 1.82) is 5.26 Å². The molecule has 0 bridgehead atoms. The molecular weight excluding hydrogens is 380 g/mol. The third-order valence-corrected chi connectivity index (χ3v) is 6.24. The molecule has 0 atom stereocenters. The van der Waals surface area contributed by atoms with Gasteiger partial charge in [0.1, 0.15) is 16.8 Å². The quantitative estimate of drug-likeness (QED) is 0.660. The number of hydrogen-bond donors (Lipinski definition) is 1. The lowest BCUT2D eigenvalue weighted by atomic mass is 10.2. The Hall–Kier alpha value is -2.63. The highest BCUT2D eigenvalue weighted by Gasteiger charge is 2.18. The molecule has 0 fully saturated rings. The lowest BCUT2D eigenvalue weighted by Gasteiger charge is -2.06. The van der Waals surface area contributed by atoms with Gasteiger partial charge >= 0.3 is 0 Å². The SMILES string of the molecule is COc1ccc2nc(NC(=O)CSc3nc4c(cc3C#N)CCC4)sc2c1. The number of amides is 1. The second kappa shape index (κ2) is 7.55. The maximum atomic E-state index is 12.3. The molecule has 2 heterocycles. The van der Waals surface area contributed by atoms with Gasteiger partial charge in [0.05, 0.1) is 28.6 Å². The topological polar surface area (TPSA) is 87.9 Å². The van der Waals surface area contributed by atoms with Crippen LogP contribution in [0.4, 0.5) is 5.13 Å². The van der Waals surface area contributed by atoms with Gasteiger partial charge in [-0.3, -0.25) is 4.79 Å².